The van der Waals surface area contributed by atoms with E-state index in [-0.39, 0.29) is 11.8 Å². The standard InChI is InChI=1S/C19H16N2O3/c1-13(22)14-3-5-15(6-4-14)16-11-20-19(21-12-16)24-18-9-7-17(23-2)8-10-18/h3-12H,1-2H3. The molecule has 120 valence electrons. The van der Waals surface area contributed by atoms with Gasteiger partial charge in [-0.15, -0.1) is 0 Å². The van der Waals surface area contributed by atoms with Crippen molar-refractivity contribution in [3.8, 4) is 28.6 Å². The van der Waals surface area contributed by atoms with Crippen LogP contribution in [0.3, 0.4) is 0 Å². The van der Waals surface area contributed by atoms with E-state index in [4.69, 9.17) is 9.47 Å². The summed E-state index contributed by atoms with van der Waals surface area (Å²) < 4.78 is 10.7. The summed E-state index contributed by atoms with van der Waals surface area (Å²) in [6.45, 7) is 1.55. The maximum atomic E-state index is 11.3. The summed E-state index contributed by atoms with van der Waals surface area (Å²) in [7, 11) is 1.61. The Hall–Kier alpha value is -3.21. The van der Waals surface area contributed by atoms with Crippen LogP contribution in [0.5, 0.6) is 17.5 Å². The Balaban J connectivity index is 1.73. The number of hydrogen-bond acceptors (Lipinski definition) is 5. The molecule has 3 aromatic rings. The normalized spacial score (nSPS) is 10.2. The number of benzene rings is 2. The third kappa shape index (κ3) is 3.57. The van der Waals surface area contributed by atoms with Crippen LogP contribution in [0, 0.1) is 0 Å². The van der Waals surface area contributed by atoms with Crippen molar-refractivity contribution >= 4 is 5.78 Å². The van der Waals surface area contributed by atoms with Gasteiger partial charge < -0.3 is 9.47 Å². The number of aromatic nitrogens is 2. The minimum atomic E-state index is 0.0426. The monoisotopic (exact) mass is 320 g/mol. The van der Waals surface area contributed by atoms with Crippen LogP contribution in [0.4, 0.5) is 0 Å². The molecular formula is C19H16N2O3. The molecule has 3 rings (SSSR count). The maximum absolute atomic E-state index is 11.3. The van der Waals surface area contributed by atoms with Gasteiger partial charge in [0.05, 0.1) is 7.11 Å². The van der Waals surface area contributed by atoms with Gasteiger partial charge in [-0.3, -0.25) is 4.79 Å². The topological polar surface area (TPSA) is 61.3 Å². The highest BCUT2D eigenvalue weighted by molar-refractivity contribution is 5.94. The third-order valence-electron chi connectivity index (χ3n) is 3.52. The van der Waals surface area contributed by atoms with E-state index in [0.717, 1.165) is 16.9 Å². The van der Waals surface area contributed by atoms with Gasteiger partial charge in [-0.05, 0) is 36.8 Å². The van der Waals surface area contributed by atoms with Gasteiger partial charge in [-0.2, -0.15) is 0 Å². The van der Waals surface area contributed by atoms with Crippen LogP contribution < -0.4 is 9.47 Å². The number of carbonyl (C=O) groups is 1. The van der Waals surface area contributed by atoms with Crippen molar-refractivity contribution in [3.05, 3.63) is 66.5 Å². The Morgan fingerprint density at radius 3 is 1.96 bits per heavy atom. The zero-order valence-electron chi connectivity index (χ0n) is 13.4. The summed E-state index contributed by atoms with van der Waals surface area (Å²) >= 11 is 0. The van der Waals surface area contributed by atoms with Crippen molar-refractivity contribution in [2.24, 2.45) is 0 Å². The largest absolute Gasteiger partial charge is 0.497 e. The van der Waals surface area contributed by atoms with Crippen molar-refractivity contribution in [3.63, 3.8) is 0 Å². The lowest BCUT2D eigenvalue weighted by molar-refractivity contribution is 0.101. The Kier molecular flexibility index (Phi) is 4.52. The number of nitrogens with zero attached hydrogens (tertiary/aromatic N) is 2. The van der Waals surface area contributed by atoms with Crippen LogP contribution in [-0.4, -0.2) is 22.9 Å². The number of Topliss-reactive ketones (excluding diaryl/α,β-unsaturated/α-hetero) is 1. The van der Waals surface area contributed by atoms with Crippen LogP contribution in [0.25, 0.3) is 11.1 Å². The van der Waals surface area contributed by atoms with Gasteiger partial charge in [0, 0.05) is 23.5 Å². The van der Waals surface area contributed by atoms with E-state index in [9.17, 15) is 4.79 Å². The molecule has 5 nitrogen and oxygen atoms in total. The first kappa shape index (κ1) is 15.7. The maximum Gasteiger partial charge on any atom is 0.321 e. The van der Waals surface area contributed by atoms with Gasteiger partial charge in [0.15, 0.2) is 5.78 Å². The van der Waals surface area contributed by atoms with Crippen molar-refractivity contribution in [2.75, 3.05) is 7.11 Å². The van der Waals surface area contributed by atoms with E-state index in [0.29, 0.717) is 11.3 Å². The summed E-state index contributed by atoms with van der Waals surface area (Å²) in [6, 6.07) is 14.8. The Labute approximate surface area is 139 Å². The number of hydrogen-bond donors (Lipinski definition) is 0. The molecule has 0 saturated heterocycles. The molecular weight excluding hydrogens is 304 g/mol. The molecule has 5 heteroatoms. The lowest BCUT2D eigenvalue weighted by Crippen LogP contribution is -1.93. The van der Waals surface area contributed by atoms with E-state index in [1.165, 1.54) is 0 Å². The number of rotatable bonds is 5. The molecule has 0 amide bonds. The number of ether oxygens (including phenoxy) is 2. The molecule has 0 aliphatic rings. The molecule has 0 N–H and O–H groups in total. The molecule has 2 aromatic carbocycles. The fourth-order valence-corrected chi connectivity index (χ4v) is 2.16. The lowest BCUT2D eigenvalue weighted by Gasteiger charge is -2.06. The molecule has 0 radical (unpaired) electrons. The van der Waals surface area contributed by atoms with E-state index in [1.807, 2.05) is 12.1 Å². The van der Waals surface area contributed by atoms with Crippen molar-refractivity contribution in [2.45, 2.75) is 6.92 Å². The first-order valence-corrected chi connectivity index (χ1v) is 7.41. The molecule has 1 aromatic heterocycles. The molecule has 0 aliphatic heterocycles. The highest BCUT2D eigenvalue weighted by Crippen LogP contribution is 2.23. The summed E-state index contributed by atoms with van der Waals surface area (Å²) in [5.41, 5.74) is 2.47. The van der Waals surface area contributed by atoms with E-state index >= 15 is 0 Å². The second-order valence-electron chi connectivity index (χ2n) is 5.17. The van der Waals surface area contributed by atoms with E-state index < -0.39 is 0 Å². The van der Waals surface area contributed by atoms with Gasteiger partial charge in [-0.25, -0.2) is 9.97 Å². The van der Waals surface area contributed by atoms with E-state index in [1.54, 1.807) is 62.8 Å². The Morgan fingerprint density at radius 2 is 1.42 bits per heavy atom. The van der Waals surface area contributed by atoms with Gasteiger partial charge in [-0.1, -0.05) is 24.3 Å². The highest BCUT2D eigenvalue weighted by atomic mass is 16.5. The Bertz CT molecular complexity index is 826. The average Bonchev–Trinajstić information content (AvgIpc) is 2.63. The number of methoxy groups -OCH3 is 1. The van der Waals surface area contributed by atoms with Gasteiger partial charge in [0.2, 0.25) is 0 Å². The third-order valence-corrected chi connectivity index (χ3v) is 3.52. The van der Waals surface area contributed by atoms with Gasteiger partial charge in [0.1, 0.15) is 11.5 Å². The van der Waals surface area contributed by atoms with Crippen molar-refractivity contribution in [1.82, 2.24) is 9.97 Å². The lowest BCUT2D eigenvalue weighted by atomic mass is 10.1. The highest BCUT2D eigenvalue weighted by Gasteiger charge is 2.05. The molecule has 0 unspecified atom stereocenters. The minimum Gasteiger partial charge on any atom is -0.497 e. The molecule has 0 fully saturated rings. The van der Waals surface area contributed by atoms with Crippen LogP contribution in [0.15, 0.2) is 60.9 Å². The zero-order valence-corrected chi connectivity index (χ0v) is 13.4. The molecule has 0 atom stereocenters. The molecule has 0 saturated carbocycles. The molecule has 1 heterocycles. The summed E-state index contributed by atoms with van der Waals surface area (Å²) in [5, 5.41) is 0. The average molecular weight is 320 g/mol. The number of ketones is 1. The predicted molar refractivity (Wildman–Crippen MR) is 90.5 cm³/mol. The summed E-state index contributed by atoms with van der Waals surface area (Å²) in [5.74, 6) is 1.43. The first-order chi connectivity index (χ1) is 11.7. The zero-order chi connectivity index (χ0) is 16.9. The van der Waals surface area contributed by atoms with Crippen molar-refractivity contribution in [1.29, 1.82) is 0 Å². The smallest absolute Gasteiger partial charge is 0.321 e. The van der Waals surface area contributed by atoms with Gasteiger partial charge in [0.25, 0.3) is 0 Å². The molecule has 0 spiro atoms. The SMILES string of the molecule is COc1ccc(Oc2ncc(-c3ccc(C(C)=O)cc3)cn2)cc1. The minimum absolute atomic E-state index is 0.0426. The summed E-state index contributed by atoms with van der Waals surface area (Å²) in [6.07, 6.45) is 3.38. The second kappa shape index (κ2) is 6.91. The fraction of sp³-hybridized carbons (Fsp3) is 0.105. The quantitative estimate of drug-likeness (QED) is 0.661. The first-order valence-electron chi connectivity index (χ1n) is 7.41. The Morgan fingerprint density at radius 1 is 0.833 bits per heavy atom. The summed E-state index contributed by atoms with van der Waals surface area (Å²) in [4.78, 5) is 19.7. The molecule has 0 aliphatic carbocycles. The second-order valence-corrected chi connectivity index (χ2v) is 5.17. The number of carbonyl (C=O) groups excluding carboxylic acids is 1. The van der Waals surface area contributed by atoms with Crippen LogP contribution in [0.1, 0.15) is 17.3 Å². The predicted octanol–water partition coefficient (Wildman–Crippen LogP) is 4.15. The van der Waals surface area contributed by atoms with Crippen LogP contribution in [0.2, 0.25) is 0 Å². The molecule has 24 heavy (non-hydrogen) atoms. The van der Waals surface area contributed by atoms with Crippen molar-refractivity contribution < 1.29 is 14.3 Å². The molecule has 0 bridgehead atoms. The fourth-order valence-electron chi connectivity index (χ4n) is 2.16. The van der Waals surface area contributed by atoms with Crippen LogP contribution in [-0.2, 0) is 0 Å². The van der Waals surface area contributed by atoms with Crippen LogP contribution >= 0.6 is 0 Å². The van der Waals surface area contributed by atoms with Gasteiger partial charge >= 0.3 is 6.01 Å². The van der Waals surface area contributed by atoms with E-state index in [2.05, 4.69) is 9.97 Å².